The third-order valence-corrected chi connectivity index (χ3v) is 3.18. The van der Waals surface area contributed by atoms with Crippen LogP contribution in [0.1, 0.15) is 11.9 Å². The SMILES string of the molecule is CCNCc1nc(-c2ccc(Br)o2)cs1. The lowest BCUT2D eigenvalue weighted by molar-refractivity contribution is 0.554. The van der Waals surface area contributed by atoms with Gasteiger partial charge >= 0.3 is 0 Å². The Morgan fingerprint density at radius 3 is 3.07 bits per heavy atom. The van der Waals surface area contributed by atoms with Crippen molar-refractivity contribution in [3.8, 4) is 11.5 Å². The van der Waals surface area contributed by atoms with Crippen LogP contribution in [0.5, 0.6) is 0 Å². The van der Waals surface area contributed by atoms with Crippen molar-refractivity contribution >= 4 is 27.3 Å². The van der Waals surface area contributed by atoms with E-state index in [0.29, 0.717) is 0 Å². The second-order valence-corrected chi connectivity index (χ2v) is 4.73. The van der Waals surface area contributed by atoms with E-state index in [9.17, 15) is 0 Å². The van der Waals surface area contributed by atoms with Crippen LogP contribution >= 0.6 is 27.3 Å². The van der Waals surface area contributed by atoms with E-state index in [1.807, 2.05) is 17.5 Å². The largest absolute Gasteiger partial charge is 0.448 e. The predicted molar refractivity (Wildman–Crippen MR) is 64.9 cm³/mol. The van der Waals surface area contributed by atoms with E-state index in [2.05, 4.69) is 33.2 Å². The zero-order chi connectivity index (χ0) is 10.7. The summed E-state index contributed by atoms with van der Waals surface area (Å²) in [6.45, 7) is 3.86. The highest BCUT2D eigenvalue weighted by molar-refractivity contribution is 9.10. The van der Waals surface area contributed by atoms with Crippen LogP contribution in [0.4, 0.5) is 0 Å². The highest BCUT2D eigenvalue weighted by Crippen LogP contribution is 2.26. The Balaban J connectivity index is 2.13. The molecule has 0 aliphatic heterocycles. The van der Waals surface area contributed by atoms with Gasteiger partial charge in [0.1, 0.15) is 10.7 Å². The standard InChI is InChI=1S/C10H11BrN2OS/c1-2-12-5-10-13-7(6-15-10)8-3-4-9(11)14-8/h3-4,6,12H,2,5H2,1H3. The van der Waals surface area contributed by atoms with E-state index in [0.717, 1.165) is 34.2 Å². The summed E-state index contributed by atoms with van der Waals surface area (Å²) >= 11 is 4.92. The molecule has 0 saturated heterocycles. The molecule has 2 aromatic heterocycles. The summed E-state index contributed by atoms with van der Waals surface area (Å²) in [5, 5.41) is 6.34. The molecule has 0 amide bonds. The molecule has 0 spiro atoms. The first-order valence-corrected chi connectivity index (χ1v) is 6.37. The van der Waals surface area contributed by atoms with Gasteiger partial charge in [0.25, 0.3) is 0 Å². The number of furan rings is 1. The van der Waals surface area contributed by atoms with Crippen LogP contribution in [0.25, 0.3) is 11.5 Å². The van der Waals surface area contributed by atoms with Gasteiger partial charge in [-0.1, -0.05) is 6.92 Å². The highest BCUT2D eigenvalue weighted by Gasteiger charge is 2.07. The molecule has 1 N–H and O–H groups in total. The number of nitrogens with zero attached hydrogens (tertiary/aromatic N) is 1. The lowest BCUT2D eigenvalue weighted by Gasteiger charge is -1.94. The third kappa shape index (κ3) is 2.68. The summed E-state index contributed by atoms with van der Waals surface area (Å²) < 4.78 is 6.16. The van der Waals surface area contributed by atoms with Gasteiger partial charge in [0.15, 0.2) is 10.4 Å². The molecule has 15 heavy (non-hydrogen) atoms. The lowest BCUT2D eigenvalue weighted by atomic mass is 10.4. The minimum atomic E-state index is 0.735. The van der Waals surface area contributed by atoms with Gasteiger partial charge in [-0.05, 0) is 34.6 Å². The van der Waals surface area contributed by atoms with Crippen LogP contribution in [0.15, 0.2) is 26.6 Å². The Labute approximate surface area is 101 Å². The van der Waals surface area contributed by atoms with Crippen LogP contribution in [0.2, 0.25) is 0 Å². The molecular formula is C10H11BrN2OS. The molecule has 3 nitrogen and oxygen atoms in total. The van der Waals surface area contributed by atoms with E-state index in [1.165, 1.54) is 0 Å². The Bertz CT molecular complexity index is 438. The summed E-state index contributed by atoms with van der Waals surface area (Å²) in [7, 11) is 0. The van der Waals surface area contributed by atoms with Crippen LogP contribution in [0.3, 0.4) is 0 Å². The maximum atomic E-state index is 5.43. The normalized spacial score (nSPS) is 10.8. The van der Waals surface area contributed by atoms with E-state index in [4.69, 9.17) is 4.42 Å². The third-order valence-electron chi connectivity index (χ3n) is 1.90. The maximum Gasteiger partial charge on any atom is 0.169 e. The minimum Gasteiger partial charge on any atom is -0.448 e. The highest BCUT2D eigenvalue weighted by atomic mass is 79.9. The zero-order valence-electron chi connectivity index (χ0n) is 8.29. The van der Waals surface area contributed by atoms with Gasteiger partial charge in [0, 0.05) is 11.9 Å². The van der Waals surface area contributed by atoms with Crippen molar-refractivity contribution in [2.75, 3.05) is 6.54 Å². The lowest BCUT2D eigenvalue weighted by Crippen LogP contribution is -2.11. The fourth-order valence-electron chi connectivity index (χ4n) is 1.19. The van der Waals surface area contributed by atoms with Crippen molar-refractivity contribution in [1.82, 2.24) is 10.3 Å². The molecule has 0 radical (unpaired) electrons. The number of hydrogen-bond acceptors (Lipinski definition) is 4. The van der Waals surface area contributed by atoms with Gasteiger partial charge in [-0.25, -0.2) is 4.98 Å². The number of nitrogens with one attached hydrogen (secondary N) is 1. The summed E-state index contributed by atoms with van der Waals surface area (Å²) in [5.74, 6) is 0.806. The fourth-order valence-corrected chi connectivity index (χ4v) is 2.25. The Morgan fingerprint density at radius 2 is 2.40 bits per heavy atom. The van der Waals surface area contributed by atoms with Crippen LogP contribution in [-0.2, 0) is 6.54 Å². The van der Waals surface area contributed by atoms with Crippen LogP contribution in [0, 0.1) is 0 Å². The molecule has 0 unspecified atom stereocenters. The molecule has 2 aromatic rings. The average molecular weight is 287 g/mol. The first kappa shape index (κ1) is 10.9. The summed E-state index contributed by atoms with van der Waals surface area (Å²) in [6.07, 6.45) is 0. The molecule has 0 aliphatic rings. The summed E-state index contributed by atoms with van der Waals surface area (Å²) in [6, 6.07) is 3.79. The van der Waals surface area contributed by atoms with E-state index in [-0.39, 0.29) is 0 Å². The number of hydrogen-bond donors (Lipinski definition) is 1. The molecule has 0 saturated carbocycles. The molecular weight excluding hydrogens is 276 g/mol. The second-order valence-electron chi connectivity index (χ2n) is 3.01. The van der Waals surface area contributed by atoms with Gasteiger partial charge in [-0.15, -0.1) is 11.3 Å². The van der Waals surface area contributed by atoms with Gasteiger partial charge in [0.2, 0.25) is 0 Å². The van der Waals surface area contributed by atoms with Gasteiger partial charge in [-0.2, -0.15) is 0 Å². The van der Waals surface area contributed by atoms with Crippen molar-refractivity contribution in [2.24, 2.45) is 0 Å². The van der Waals surface area contributed by atoms with Crippen molar-refractivity contribution in [2.45, 2.75) is 13.5 Å². The molecule has 2 heterocycles. The van der Waals surface area contributed by atoms with E-state index < -0.39 is 0 Å². The smallest absolute Gasteiger partial charge is 0.169 e. The molecule has 5 heteroatoms. The first-order valence-electron chi connectivity index (χ1n) is 4.70. The molecule has 2 rings (SSSR count). The monoisotopic (exact) mass is 286 g/mol. The molecule has 80 valence electrons. The molecule has 0 bridgehead atoms. The topological polar surface area (TPSA) is 38.1 Å². The summed E-state index contributed by atoms with van der Waals surface area (Å²) in [5.41, 5.74) is 0.901. The number of halogens is 1. The van der Waals surface area contributed by atoms with Crippen molar-refractivity contribution in [3.63, 3.8) is 0 Å². The molecule has 0 atom stereocenters. The number of aromatic nitrogens is 1. The Kier molecular flexibility index (Phi) is 3.56. The summed E-state index contributed by atoms with van der Waals surface area (Å²) in [4.78, 5) is 4.47. The van der Waals surface area contributed by atoms with E-state index >= 15 is 0 Å². The second kappa shape index (κ2) is 4.92. The van der Waals surface area contributed by atoms with Crippen molar-refractivity contribution < 1.29 is 4.42 Å². The fraction of sp³-hybridized carbons (Fsp3) is 0.300. The zero-order valence-corrected chi connectivity index (χ0v) is 10.7. The molecule has 0 fully saturated rings. The molecule has 0 aliphatic carbocycles. The van der Waals surface area contributed by atoms with Gasteiger partial charge < -0.3 is 9.73 Å². The average Bonchev–Trinajstić information content (AvgIpc) is 2.83. The molecule has 0 aromatic carbocycles. The van der Waals surface area contributed by atoms with Crippen LogP contribution in [-0.4, -0.2) is 11.5 Å². The van der Waals surface area contributed by atoms with Crippen molar-refractivity contribution in [1.29, 1.82) is 0 Å². The van der Waals surface area contributed by atoms with Crippen molar-refractivity contribution in [3.05, 3.63) is 27.2 Å². The van der Waals surface area contributed by atoms with Crippen LogP contribution < -0.4 is 5.32 Å². The van der Waals surface area contributed by atoms with Gasteiger partial charge in [0.05, 0.1) is 0 Å². The predicted octanol–water partition coefficient (Wildman–Crippen LogP) is 3.28. The Hall–Kier alpha value is -0.650. The quantitative estimate of drug-likeness (QED) is 0.937. The van der Waals surface area contributed by atoms with Gasteiger partial charge in [-0.3, -0.25) is 0 Å². The van der Waals surface area contributed by atoms with E-state index in [1.54, 1.807) is 11.3 Å². The minimum absolute atomic E-state index is 0.735. The maximum absolute atomic E-state index is 5.43. The Morgan fingerprint density at radius 1 is 1.53 bits per heavy atom. The number of thiazole rings is 1. The number of rotatable bonds is 4. The first-order chi connectivity index (χ1) is 7.29.